The fourth-order valence-electron chi connectivity index (χ4n) is 13.1. The predicted molar refractivity (Wildman–Crippen MR) is 309 cm³/mol. The molecule has 0 radical (unpaired) electrons. The molecule has 0 bridgehead atoms. The number of aliphatic carboxylic acids is 4. The van der Waals surface area contributed by atoms with E-state index in [0.717, 1.165) is 0 Å². The quantitative estimate of drug-likeness (QED) is 0.0404. The number of rotatable bonds is 25. The van der Waals surface area contributed by atoms with Crippen molar-refractivity contribution in [2.75, 3.05) is 33.0 Å². The molecule has 9 aliphatic heterocycles. The molecule has 0 aromatic rings. The zero-order valence-electron chi connectivity index (χ0n) is 53.7. The molecule has 0 aliphatic carbocycles. The van der Waals surface area contributed by atoms with Crippen LogP contribution in [-0.4, -0.2) is 456 Å². The lowest BCUT2D eigenvalue weighted by atomic mass is 9.94. The Morgan fingerprint density at radius 1 is 0.231 bits per heavy atom. The third-order valence-electron chi connectivity index (χ3n) is 19.0. The first-order valence-corrected chi connectivity index (χ1v) is 32.0. The zero-order valence-corrected chi connectivity index (χ0v) is 53.7. The fraction of sp³-hybridized carbons (Fsp3) is 0.926. The van der Waals surface area contributed by atoms with Gasteiger partial charge in [-0.15, -0.1) is 0 Å². The second kappa shape index (κ2) is 35.1. The lowest BCUT2D eigenvalue weighted by Gasteiger charge is -2.50. The van der Waals surface area contributed by atoms with E-state index < -0.39 is 333 Å². The van der Waals surface area contributed by atoms with Gasteiger partial charge in [-0.2, -0.15) is 0 Å². The highest BCUT2D eigenvalue weighted by Gasteiger charge is 2.62. The second-order valence-electron chi connectivity index (χ2n) is 25.8. The molecule has 50 heteroatoms. The van der Waals surface area contributed by atoms with Crippen LogP contribution in [0.3, 0.4) is 0 Å². The van der Waals surface area contributed by atoms with Crippen molar-refractivity contribution in [3.05, 3.63) is 0 Å². The molecule has 45 atom stereocenters. The maximum Gasteiger partial charge on any atom is 0.335 e. The molecule has 600 valence electrons. The van der Waals surface area contributed by atoms with Gasteiger partial charge in [-0.25, -0.2) is 19.2 Å². The summed E-state index contributed by atoms with van der Waals surface area (Å²) in [6, 6.07) is -9.03. The SMILES string of the molecule is NC1[C@@H](O[C@@H]2C(C(=O)O)O[C@@H](O[C@@H]3C(CO)O[C@H](O[C@@H]4C(C(=O)O)O[C@@H](O[C@@H]5C(CO)O[C@H](O[C@@H]6C(C(=O)O)O[C@@H](O[C@@H]7C(CO)O[C@H](O[C@@H]8C(C(=O)O)O[C@@H](O[C@@H]9C(CO)O[C@H](O)C(N)[C@H]9O)C(O)[C@H]8O)C(N)[C@H]7O)C(O)[C@H]6O)C(N)[C@H]5O)C(O)[C@H]4O)C(N)[C@H]3O)C(O)[C@H]2O)OC(CO)[C@@H](O)[C@@H]1O. The van der Waals surface area contributed by atoms with Gasteiger partial charge in [0.05, 0.1) is 63.2 Å². The Labute approximate surface area is 582 Å². The largest absolute Gasteiger partial charge is 0.479 e. The van der Waals surface area contributed by atoms with Gasteiger partial charge in [-0.05, 0) is 0 Å². The molecule has 0 aromatic carbocycles. The Bertz CT molecular complexity index is 2820. The number of aliphatic hydroxyl groups excluding tert-OH is 20. The van der Waals surface area contributed by atoms with Crippen LogP contribution < -0.4 is 28.7 Å². The molecule has 18 unspecified atom stereocenters. The van der Waals surface area contributed by atoms with E-state index in [0.29, 0.717) is 0 Å². The minimum absolute atomic E-state index is 0.887. The normalized spacial score (nSPS) is 51.9. The molecule has 34 N–H and O–H groups in total. The minimum Gasteiger partial charge on any atom is -0.479 e. The number of aliphatic hydroxyl groups is 20. The Morgan fingerprint density at radius 2 is 0.433 bits per heavy atom. The first kappa shape index (κ1) is 84.2. The smallest absolute Gasteiger partial charge is 0.335 e. The van der Waals surface area contributed by atoms with Gasteiger partial charge in [0.25, 0.3) is 0 Å². The Morgan fingerprint density at radius 3 is 0.663 bits per heavy atom. The predicted octanol–water partition coefficient (Wildman–Crippen LogP) is -20.4. The molecular weight excluding hydrogens is 1440 g/mol. The molecule has 104 heavy (non-hydrogen) atoms. The number of nitrogens with two attached hydrogens (primary N) is 5. The van der Waals surface area contributed by atoms with Crippen LogP contribution in [0.4, 0.5) is 0 Å². The van der Waals surface area contributed by atoms with E-state index in [1.165, 1.54) is 0 Å². The molecular formula is C54H89N5O45. The van der Waals surface area contributed by atoms with Gasteiger partial charge in [0.2, 0.25) is 0 Å². The van der Waals surface area contributed by atoms with Crippen molar-refractivity contribution < 1.29 is 222 Å². The van der Waals surface area contributed by atoms with Gasteiger partial charge in [0.15, 0.2) is 81.0 Å². The van der Waals surface area contributed by atoms with Crippen LogP contribution in [0, 0.1) is 0 Å². The van der Waals surface area contributed by atoms with Crippen molar-refractivity contribution in [3.8, 4) is 0 Å². The van der Waals surface area contributed by atoms with Crippen molar-refractivity contribution in [3.63, 3.8) is 0 Å². The summed E-state index contributed by atoms with van der Waals surface area (Å²) in [7, 11) is 0. The highest BCUT2D eigenvalue weighted by Crippen LogP contribution is 2.39. The maximum atomic E-state index is 12.8. The number of ether oxygens (including phenoxy) is 17. The summed E-state index contributed by atoms with van der Waals surface area (Å²) in [5.41, 5.74) is 30.3. The fourth-order valence-corrected chi connectivity index (χ4v) is 13.1. The molecule has 9 fully saturated rings. The third-order valence-corrected chi connectivity index (χ3v) is 19.0. The third kappa shape index (κ3) is 16.9. The van der Waals surface area contributed by atoms with Crippen molar-refractivity contribution >= 4 is 23.9 Å². The summed E-state index contributed by atoms with van der Waals surface area (Å²) in [6.07, 6.45) is -84.6. The first-order chi connectivity index (χ1) is 49.0. The summed E-state index contributed by atoms with van der Waals surface area (Å²) in [4.78, 5) is 50.6. The van der Waals surface area contributed by atoms with Crippen LogP contribution in [0.2, 0.25) is 0 Å². The minimum atomic E-state index is -2.46. The molecule has 9 saturated heterocycles. The van der Waals surface area contributed by atoms with E-state index in [-0.39, 0.29) is 0 Å². The zero-order chi connectivity index (χ0) is 76.8. The van der Waals surface area contributed by atoms with Crippen molar-refractivity contribution in [2.24, 2.45) is 28.7 Å². The van der Waals surface area contributed by atoms with Crippen molar-refractivity contribution in [1.82, 2.24) is 0 Å². The summed E-state index contributed by atoms with van der Waals surface area (Å²) < 4.78 is 94.1. The molecule has 9 heterocycles. The standard InChI is InChI=1S/C54H89N5O45/c55-11-18(67)30(7(2-61)88-46(11)87)93-51-26(75)23(72)35(39(101-51)43(81)82)98-48-13(57)20(69)32(9(4-63)90-48)95-53-28(77)25(74)37(41(103-53)45(85)86)100-50-15(59)21(70)33(10(5-64)92-50)96-54-29(78)24(73)36(40(104-54)44(83)84)99-49-14(58)19(68)31(8(3-62)91-49)94-52-27(76)22(71)34(38(102-52)42(79)80)97-47-12(56)17(66)16(65)6(1-60)89-47/h6-41,46-54,60-78,87H,1-5,55-59H2,(H,79,80)(H,81,82)(H,83,84)(H,85,86)/t6?,7?,8?,9?,10?,11?,12?,13?,14?,15?,16-,17-,18-,19-,20-,21-,22-,23-,24-,25-,26?,27?,28?,29?,30-,31-,32-,33-,34+,35+,36+,37+,38?,39?,40?,41?,46+,47-,48-,49-,50-,51-,52-,53-,54-/m1/s1. The van der Waals surface area contributed by atoms with Crippen LogP contribution in [-0.2, 0) is 99.7 Å². The summed E-state index contributed by atoms with van der Waals surface area (Å²) >= 11 is 0. The monoisotopic (exact) mass is 1530 g/mol. The van der Waals surface area contributed by atoms with E-state index in [1.807, 2.05) is 0 Å². The van der Waals surface area contributed by atoms with E-state index in [2.05, 4.69) is 0 Å². The molecule has 50 nitrogen and oxygen atoms in total. The second-order valence-corrected chi connectivity index (χ2v) is 25.8. The molecule has 9 aliphatic rings. The summed E-state index contributed by atoms with van der Waals surface area (Å²) in [6.45, 7) is -5.33. The average molecular weight is 1530 g/mol. The number of carboxylic acid groups (broad SMARTS) is 4. The van der Waals surface area contributed by atoms with Gasteiger partial charge in [0.1, 0.15) is 165 Å². The van der Waals surface area contributed by atoms with Crippen LogP contribution in [0.5, 0.6) is 0 Å². The number of carboxylic acids is 4. The van der Waals surface area contributed by atoms with Crippen molar-refractivity contribution in [1.29, 1.82) is 0 Å². The Kier molecular flexibility index (Phi) is 28.4. The Hall–Kier alpha value is -3.80. The average Bonchev–Trinajstić information content (AvgIpc) is 0.782. The molecule has 0 saturated carbocycles. The van der Waals surface area contributed by atoms with Crippen LogP contribution >= 0.6 is 0 Å². The lowest BCUT2D eigenvalue weighted by molar-refractivity contribution is -0.381. The summed E-state index contributed by atoms with van der Waals surface area (Å²) in [5.74, 6) is -7.71. The van der Waals surface area contributed by atoms with E-state index in [9.17, 15) is 142 Å². The van der Waals surface area contributed by atoms with Gasteiger partial charge in [-0.1, -0.05) is 0 Å². The topological polar surface area (TPSA) is 841 Å². The highest BCUT2D eigenvalue weighted by molar-refractivity contribution is 5.75. The Balaban J connectivity index is 0.797. The van der Waals surface area contributed by atoms with Gasteiger partial charge in [-0.3, -0.25) is 0 Å². The highest BCUT2D eigenvalue weighted by atomic mass is 16.8. The van der Waals surface area contributed by atoms with Crippen LogP contribution in [0.25, 0.3) is 0 Å². The summed E-state index contributed by atoms with van der Waals surface area (Å²) in [5, 5.41) is 257. The molecule has 0 aromatic heterocycles. The van der Waals surface area contributed by atoms with E-state index in [4.69, 9.17) is 109 Å². The van der Waals surface area contributed by atoms with Crippen LogP contribution in [0.1, 0.15) is 0 Å². The van der Waals surface area contributed by atoms with Gasteiger partial charge >= 0.3 is 23.9 Å². The number of hydrogen-bond donors (Lipinski definition) is 29. The van der Waals surface area contributed by atoms with Crippen molar-refractivity contribution in [2.45, 2.75) is 276 Å². The van der Waals surface area contributed by atoms with Gasteiger partial charge in [0, 0.05) is 0 Å². The van der Waals surface area contributed by atoms with E-state index >= 15 is 0 Å². The maximum absolute atomic E-state index is 12.8. The first-order valence-electron chi connectivity index (χ1n) is 32.0. The molecule has 0 amide bonds. The number of hydrogen-bond acceptors (Lipinski definition) is 46. The van der Waals surface area contributed by atoms with Crippen LogP contribution in [0.15, 0.2) is 0 Å². The van der Waals surface area contributed by atoms with E-state index in [1.54, 1.807) is 0 Å². The molecule has 0 spiro atoms. The lowest BCUT2D eigenvalue weighted by Crippen LogP contribution is -2.70. The van der Waals surface area contributed by atoms with Gasteiger partial charge < -0.3 is 232 Å². The number of carbonyl (C=O) groups is 4. The molecule has 9 rings (SSSR count).